The van der Waals surface area contributed by atoms with Crippen LogP contribution < -0.4 is 0 Å². The Hall–Kier alpha value is -0.520. The molecule has 0 aliphatic heterocycles. The minimum absolute atomic E-state index is 0.510. The van der Waals surface area contributed by atoms with Gasteiger partial charge >= 0.3 is 0 Å². The number of hydrogen-bond donors (Lipinski definition) is 0. The summed E-state index contributed by atoms with van der Waals surface area (Å²) in [4.78, 5) is 0. The monoisotopic (exact) mass is 328 g/mol. The Bertz CT molecular complexity index is 512. The van der Waals surface area contributed by atoms with Crippen molar-refractivity contribution < 1.29 is 0 Å². The molecule has 4 aliphatic rings. The Balaban J connectivity index is 0.000000815. The average molecular weight is 329 g/mol. The average Bonchev–Trinajstić information content (AvgIpc) is 2.93. The van der Waals surface area contributed by atoms with Crippen molar-refractivity contribution in [3.63, 3.8) is 0 Å². The maximum atomic E-state index is 4.25. The smallest absolute Gasteiger partial charge is 0.00790 e. The van der Waals surface area contributed by atoms with Crippen LogP contribution in [0.1, 0.15) is 92.4 Å². The van der Waals surface area contributed by atoms with Gasteiger partial charge in [0, 0.05) is 0 Å². The summed E-state index contributed by atoms with van der Waals surface area (Å²) in [6, 6.07) is 0. The second kappa shape index (κ2) is 6.65. The van der Waals surface area contributed by atoms with Crippen LogP contribution in [0.15, 0.2) is 23.8 Å². The summed E-state index contributed by atoms with van der Waals surface area (Å²) in [6.45, 7) is 15.9. The summed E-state index contributed by atoms with van der Waals surface area (Å²) in [5.74, 6) is 4.02. The Kier molecular flexibility index (Phi) is 5.07. The molecule has 0 saturated heterocycles. The van der Waals surface area contributed by atoms with E-state index in [0.29, 0.717) is 10.8 Å². The minimum Gasteiger partial charge on any atom is -0.0958 e. The van der Waals surface area contributed by atoms with Gasteiger partial charge in [0.05, 0.1) is 0 Å². The fourth-order valence-electron chi connectivity index (χ4n) is 7.43. The van der Waals surface area contributed by atoms with Gasteiger partial charge in [-0.2, -0.15) is 0 Å². The molecule has 6 atom stereocenters. The van der Waals surface area contributed by atoms with E-state index < -0.39 is 0 Å². The molecular formula is C24H40. The van der Waals surface area contributed by atoms with E-state index in [1.165, 1.54) is 63.4 Å². The number of fused-ring (bicyclic) bond motifs is 5. The van der Waals surface area contributed by atoms with E-state index in [0.717, 1.165) is 23.7 Å². The predicted octanol–water partition coefficient (Wildman–Crippen LogP) is 7.56. The van der Waals surface area contributed by atoms with Crippen LogP contribution in [-0.2, 0) is 0 Å². The van der Waals surface area contributed by atoms with Crippen LogP contribution in [0.3, 0.4) is 0 Å². The maximum absolute atomic E-state index is 4.25. The first-order valence-corrected chi connectivity index (χ1v) is 10.9. The summed E-state index contributed by atoms with van der Waals surface area (Å²) in [5, 5.41) is 0. The van der Waals surface area contributed by atoms with Crippen molar-refractivity contribution in [2.75, 3.05) is 0 Å². The zero-order chi connectivity index (χ0) is 17.5. The quantitative estimate of drug-likeness (QED) is 0.466. The van der Waals surface area contributed by atoms with Gasteiger partial charge in [-0.1, -0.05) is 64.8 Å². The minimum atomic E-state index is 0.510. The van der Waals surface area contributed by atoms with E-state index in [9.17, 15) is 0 Å². The third kappa shape index (κ3) is 2.55. The van der Waals surface area contributed by atoms with Crippen molar-refractivity contribution in [1.29, 1.82) is 0 Å². The van der Waals surface area contributed by atoms with Crippen LogP contribution in [-0.4, -0.2) is 0 Å². The van der Waals surface area contributed by atoms with Gasteiger partial charge in [-0.05, 0) is 85.9 Å². The molecule has 6 unspecified atom stereocenters. The largest absolute Gasteiger partial charge is 0.0958 e. The predicted molar refractivity (Wildman–Crippen MR) is 106 cm³/mol. The molecule has 3 saturated carbocycles. The highest BCUT2D eigenvalue weighted by Gasteiger charge is 2.58. The lowest BCUT2D eigenvalue weighted by atomic mass is 9.46. The van der Waals surface area contributed by atoms with E-state index in [2.05, 4.69) is 33.4 Å². The molecule has 0 nitrogen and oxygen atoms in total. The van der Waals surface area contributed by atoms with Gasteiger partial charge in [-0.3, -0.25) is 0 Å². The van der Waals surface area contributed by atoms with Crippen LogP contribution in [0.4, 0.5) is 0 Å². The van der Waals surface area contributed by atoms with E-state index in [4.69, 9.17) is 0 Å². The van der Waals surface area contributed by atoms with Gasteiger partial charge in [0.1, 0.15) is 0 Å². The lowest BCUT2D eigenvalue weighted by molar-refractivity contribution is -0.0502. The molecule has 3 fully saturated rings. The molecule has 0 spiro atoms. The summed E-state index contributed by atoms with van der Waals surface area (Å²) < 4.78 is 0. The fourth-order valence-corrected chi connectivity index (χ4v) is 7.43. The van der Waals surface area contributed by atoms with Crippen molar-refractivity contribution in [1.82, 2.24) is 0 Å². The zero-order valence-corrected chi connectivity index (χ0v) is 17.0. The molecule has 4 rings (SSSR count). The molecule has 0 N–H and O–H groups in total. The Morgan fingerprint density at radius 1 is 1.00 bits per heavy atom. The normalized spacial score (nSPS) is 46.9. The lowest BCUT2D eigenvalue weighted by Gasteiger charge is -2.58. The van der Waals surface area contributed by atoms with E-state index in [-0.39, 0.29) is 0 Å². The van der Waals surface area contributed by atoms with Crippen LogP contribution in [0, 0.1) is 34.5 Å². The van der Waals surface area contributed by atoms with Gasteiger partial charge in [0.2, 0.25) is 0 Å². The summed E-state index contributed by atoms with van der Waals surface area (Å²) in [7, 11) is 0. The van der Waals surface area contributed by atoms with Crippen LogP contribution in [0.5, 0.6) is 0 Å². The highest BCUT2D eigenvalue weighted by atomic mass is 14.6. The van der Waals surface area contributed by atoms with Gasteiger partial charge < -0.3 is 0 Å². The van der Waals surface area contributed by atoms with Gasteiger partial charge in [-0.15, -0.1) is 0 Å². The first-order valence-electron chi connectivity index (χ1n) is 10.9. The molecule has 0 bridgehead atoms. The summed E-state index contributed by atoms with van der Waals surface area (Å²) in [6.07, 6.45) is 15.4. The third-order valence-electron chi connectivity index (χ3n) is 8.77. The number of allylic oxidation sites excluding steroid dienone is 3. The van der Waals surface area contributed by atoms with Crippen LogP contribution in [0.25, 0.3) is 0 Å². The van der Waals surface area contributed by atoms with E-state index in [1.807, 2.05) is 13.8 Å². The summed E-state index contributed by atoms with van der Waals surface area (Å²) >= 11 is 0. The van der Waals surface area contributed by atoms with Gasteiger partial charge in [0.15, 0.2) is 0 Å². The number of hydrogen-bond acceptors (Lipinski definition) is 0. The Morgan fingerprint density at radius 3 is 2.46 bits per heavy atom. The zero-order valence-electron chi connectivity index (χ0n) is 17.0. The molecule has 0 aromatic carbocycles. The van der Waals surface area contributed by atoms with Gasteiger partial charge in [0.25, 0.3) is 0 Å². The Morgan fingerprint density at radius 2 is 1.75 bits per heavy atom. The first kappa shape index (κ1) is 18.3. The fraction of sp³-hybridized carbons (Fsp3) is 0.833. The van der Waals surface area contributed by atoms with E-state index in [1.54, 1.807) is 5.57 Å². The lowest BCUT2D eigenvalue weighted by Crippen LogP contribution is -2.50. The van der Waals surface area contributed by atoms with Crippen LogP contribution >= 0.6 is 0 Å². The second-order valence-electron chi connectivity index (χ2n) is 9.39. The molecule has 0 heterocycles. The molecule has 0 radical (unpaired) electrons. The second-order valence-corrected chi connectivity index (χ2v) is 9.39. The van der Waals surface area contributed by atoms with Crippen molar-refractivity contribution in [3.8, 4) is 0 Å². The number of rotatable bonds is 1. The highest BCUT2D eigenvalue weighted by Crippen LogP contribution is 2.67. The van der Waals surface area contributed by atoms with Gasteiger partial charge in [-0.25, -0.2) is 0 Å². The SMILES string of the molecule is C=C1C=C2CCC3C(CCC4(C)C(CC)CCC34)C2(C)CC1.CC. The van der Waals surface area contributed by atoms with Crippen molar-refractivity contribution in [2.45, 2.75) is 92.4 Å². The molecule has 24 heavy (non-hydrogen) atoms. The molecule has 136 valence electrons. The first-order chi connectivity index (χ1) is 11.5. The third-order valence-corrected chi connectivity index (χ3v) is 8.77. The van der Waals surface area contributed by atoms with Crippen molar-refractivity contribution in [2.24, 2.45) is 34.5 Å². The molecule has 0 aromatic rings. The standard InChI is InChI=1S/C22H34.C2H6/c1-5-16-7-9-19-18-8-6-17-14-15(2)10-12-22(17,4)20(18)11-13-21(16,19)3;1-2/h14,16,18-20H,2,5-13H2,1,3-4H3;1-2H3. The molecule has 4 aliphatic carbocycles. The maximum Gasteiger partial charge on any atom is -0.00790 e. The molecule has 0 amide bonds. The van der Waals surface area contributed by atoms with Crippen molar-refractivity contribution >= 4 is 0 Å². The topological polar surface area (TPSA) is 0 Å². The Labute approximate surface area is 151 Å². The highest BCUT2D eigenvalue weighted by molar-refractivity contribution is 5.33. The van der Waals surface area contributed by atoms with E-state index >= 15 is 0 Å². The molecule has 0 aromatic heterocycles. The van der Waals surface area contributed by atoms with Crippen molar-refractivity contribution in [3.05, 3.63) is 23.8 Å². The molecular weight excluding hydrogens is 288 g/mol. The molecule has 0 heteroatoms. The van der Waals surface area contributed by atoms with Crippen LogP contribution in [0.2, 0.25) is 0 Å². The summed E-state index contributed by atoms with van der Waals surface area (Å²) in [5.41, 5.74) is 4.33.